The van der Waals surface area contributed by atoms with Crippen molar-refractivity contribution >= 4 is 17.7 Å². The Kier molecular flexibility index (Phi) is 5.29. The van der Waals surface area contributed by atoms with Gasteiger partial charge in [0, 0.05) is 23.7 Å². The summed E-state index contributed by atoms with van der Waals surface area (Å²) in [5.41, 5.74) is 0.329. The van der Waals surface area contributed by atoms with Gasteiger partial charge < -0.3 is 15.4 Å². The van der Waals surface area contributed by atoms with E-state index in [1.807, 2.05) is 20.8 Å². The van der Waals surface area contributed by atoms with Gasteiger partial charge in [0.25, 0.3) is 0 Å². The van der Waals surface area contributed by atoms with E-state index in [4.69, 9.17) is 16.3 Å². The first-order valence-electron chi connectivity index (χ1n) is 7.39. The fourth-order valence-electron chi connectivity index (χ4n) is 2.35. The van der Waals surface area contributed by atoms with Crippen molar-refractivity contribution in [3.63, 3.8) is 0 Å². The van der Waals surface area contributed by atoms with Crippen molar-refractivity contribution in [2.24, 2.45) is 0 Å². The van der Waals surface area contributed by atoms with Gasteiger partial charge >= 0.3 is 6.09 Å². The Bertz CT molecular complexity index is 519. The van der Waals surface area contributed by atoms with E-state index in [0.717, 1.165) is 18.4 Å². The van der Waals surface area contributed by atoms with Crippen LogP contribution in [-0.2, 0) is 11.3 Å². The highest BCUT2D eigenvalue weighted by atomic mass is 35.5. The fourth-order valence-corrected chi connectivity index (χ4v) is 2.60. The molecular weight excluding hydrogens is 307 g/mol. The normalized spacial score (nSPS) is 21.1. The number of alkyl carbamates (subject to hydrolysis) is 1. The minimum Gasteiger partial charge on any atom is -0.444 e. The molecule has 2 N–H and O–H groups in total. The number of benzene rings is 1. The molecule has 1 fully saturated rings. The third-order valence-electron chi connectivity index (χ3n) is 3.38. The van der Waals surface area contributed by atoms with Crippen LogP contribution in [0.2, 0.25) is 5.02 Å². The lowest BCUT2D eigenvalue weighted by molar-refractivity contribution is 0.0465. The van der Waals surface area contributed by atoms with Crippen LogP contribution in [0.3, 0.4) is 0 Å². The maximum Gasteiger partial charge on any atom is 0.407 e. The van der Waals surface area contributed by atoms with Gasteiger partial charge in [0.15, 0.2) is 0 Å². The lowest BCUT2D eigenvalue weighted by Crippen LogP contribution is -2.52. The maximum atomic E-state index is 13.2. The first-order chi connectivity index (χ1) is 10.2. The van der Waals surface area contributed by atoms with Crippen LogP contribution in [0.4, 0.5) is 9.18 Å². The molecule has 0 heterocycles. The Hall–Kier alpha value is -1.33. The van der Waals surface area contributed by atoms with Crippen LogP contribution in [0, 0.1) is 5.82 Å². The number of rotatable bonds is 4. The maximum absolute atomic E-state index is 13.2. The van der Waals surface area contributed by atoms with Crippen LogP contribution in [-0.4, -0.2) is 23.8 Å². The minimum atomic E-state index is -0.484. The number of carbonyl (C=O) groups excluding carboxylic acids is 1. The number of hydrogen-bond donors (Lipinski definition) is 2. The van der Waals surface area contributed by atoms with E-state index < -0.39 is 5.60 Å². The second-order valence-corrected chi connectivity index (χ2v) is 7.11. The van der Waals surface area contributed by atoms with E-state index in [2.05, 4.69) is 10.6 Å². The van der Waals surface area contributed by atoms with Gasteiger partial charge in [-0.1, -0.05) is 11.6 Å². The standard InChI is InChI=1S/C16H22ClFN2O2/c1-16(2,3)22-15(21)20-14-7-13(8-14)19-9-10-4-11(17)6-12(18)5-10/h4-6,13-14,19H,7-9H2,1-3H3,(H,20,21). The predicted molar refractivity (Wildman–Crippen MR) is 84.4 cm³/mol. The average molecular weight is 329 g/mol. The molecule has 22 heavy (non-hydrogen) atoms. The molecule has 1 amide bonds. The van der Waals surface area contributed by atoms with Gasteiger partial charge in [-0.05, 0) is 57.4 Å². The molecular formula is C16H22ClFN2O2. The van der Waals surface area contributed by atoms with E-state index in [0.29, 0.717) is 17.6 Å². The average Bonchev–Trinajstić information content (AvgIpc) is 2.28. The lowest BCUT2D eigenvalue weighted by atomic mass is 9.87. The molecule has 0 aliphatic heterocycles. The molecule has 1 aliphatic rings. The highest BCUT2D eigenvalue weighted by molar-refractivity contribution is 6.30. The summed E-state index contributed by atoms with van der Waals surface area (Å²) in [6, 6.07) is 4.93. The summed E-state index contributed by atoms with van der Waals surface area (Å²) >= 11 is 5.82. The van der Waals surface area contributed by atoms with Crippen molar-refractivity contribution in [3.05, 3.63) is 34.6 Å². The quantitative estimate of drug-likeness (QED) is 0.887. The molecule has 2 rings (SSSR count). The monoisotopic (exact) mass is 328 g/mol. The number of halogens is 2. The third-order valence-corrected chi connectivity index (χ3v) is 3.59. The summed E-state index contributed by atoms with van der Waals surface area (Å²) in [4.78, 5) is 11.6. The molecule has 0 radical (unpaired) electrons. The highest BCUT2D eigenvalue weighted by Crippen LogP contribution is 2.22. The highest BCUT2D eigenvalue weighted by Gasteiger charge is 2.31. The van der Waals surface area contributed by atoms with E-state index in [9.17, 15) is 9.18 Å². The van der Waals surface area contributed by atoms with Gasteiger partial charge in [0.2, 0.25) is 0 Å². The largest absolute Gasteiger partial charge is 0.444 e. The molecule has 1 saturated carbocycles. The Labute approximate surface area is 135 Å². The second-order valence-electron chi connectivity index (χ2n) is 6.67. The van der Waals surface area contributed by atoms with E-state index >= 15 is 0 Å². The van der Waals surface area contributed by atoms with E-state index in [1.165, 1.54) is 12.1 Å². The topological polar surface area (TPSA) is 50.4 Å². The van der Waals surface area contributed by atoms with Gasteiger partial charge in [-0.3, -0.25) is 0 Å². The van der Waals surface area contributed by atoms with Crippen molar-refractivity contribution in [2.75, 3.05) is 0 Å². The lowest BCUT2D eigenvalue weighted by Gasteiger charge is -2.36. The number of amides is 1. The van der Waals surface area contributed by atoms with Gasteiger partial charge in [-0.15, -0.1) is 0 Å². The summed E-state index contributed by atoms with van der Waals surface area (Å²) in [6.07, 6.45) is 1.29. The molecule has 1 aromatic rings. The van der Waals surface area contributed by atoms with Crippen molar-refractivity contribution in [3.8, 4) is 0 Å². The number of nitrogens with one attached hydrogen (secondary N) is 2. The van der Waals surface area contributed by atoms with Crippen LogP contribution in [0.25, 0.3) is 0 Å². The van der Waals surface area contributed by atoms with Crippen LogP contribution in [0.1, 0.15) is 39.2 Å². The summed E-state index contributed by atoms with van der Waals surface area (Å²) in [5.74, 6) is -0.331. The van der Waals surface area contributed by atoms with Crippen molar-refractivity contribution in [1.29, 1.82) is 0 Å². The molecule has 0 bridgehead atoms. The zero-order chi connectivity index (χ0) is 16.3. The van der Waals surface area contributed by atoms with Crippen LogP contribution in [0.15, 0.2) is 18.2 Å². The Morgan fingerprint density at radius 3 is 2.59 bits per heavy atom. The zero-order valence-corrected chi connectivity index (χ0v) is 13.8. The Morgan fingerprint density at radius 1 is 1.32 bits per heavy atom. The zero-order valence-electron chi connectivity index (χ0n) is 13.1. The molecule has 0 saturated heterocycles. The third kappa shape index (κ3) is 5.46. The first kappa shape index (κ1) is 17.0. The van der Waals surface area contributed by atoms with Gasteiger partial charge in [0.05, 0.1) is 0 Å². The summed E-state index contributed by atoms with van der Waals surface area (Å²) in [6.45, 7) is 6.06. The Balaban J connectivity index is 1.68. The van der Waals surface area contributed by atoms with Crippen LogP contribution >= 0.6 is 11.6 Å². The van der Waals surface area contributed by atoms with E-state index in [-0.39, 0.29) is 18.0 Å². The molecule has 0 unspecified atom stereocenters. The van der Waals surface area contributed by atoms with Crippen LogP contribution in [0.5, 0.6) is 0 Å². The summed E-state index contributed by atoms with van der Waals surface area (Å²) in [7, 11) is 0. The molecule has 1 aliphatic carbocycles. The van der Waals surface area contributed by atoms with Gasteiger partial charge in [0.1, 0.15) is 11.4 Å². The summed E-state index contributed by atoms with van der Waals surface area (Å²) in [5, 5.41) is 6.56. The fraction of sp³-hybridized carbons (Fsp3) is 0.562. The molecule has 122 valence electrons. The second kappa shape index (κ2) is 6.84. The molecule has 1 aromatic carbocycles. The predicted octanol–water partition coefficient (Wildman–Crippen LogP) is 3.62. The first-order valence-corrected chi connectivity index (χ1v) is 7.77. The Morgan fingerprint density at radius 2 is 2.00 bits per heavy atom. The van der Waals surface area contributed by atoms with Gasteiger partial charge in [-0.2, -0.15) is 0 Å². The molecule has 0 spiro atoms. The SMILES string of the molecule is CC(C)(C)OC(=O)NC1CC(NCc2cc(F)cc(Cl)c2)C1. The van der Waals surface area contributed by atoms with Crippen molar-refractivity contribution < 1.29 is 13.9 Å². The molecule has 0 atom stereocenters. The van der Waals surface area contributed by atoms with Crippen LogP contribution < -0.4 is 10.6 Å². The van der Waals surface area contributed by atoms with Crippen molar-refractivity contribution in [2.45, 2.75) is 57.8 Å². The van der Waals surface area contributed by atoms with Crippen molar-refractivity contribution in [1.82, 2.24) is 10.6 Å². The number of carbonyl (C=O) groups is 1. The number of ether oxygens (including phenoxy) is 1. The molecule has 6 heteroatoms. The molecule has 0 aromatic heterocycles. The minimum absolute atomic E-state index is 0.128. The molecule has 4 nitrogen and oxygen atoms in total. The smallest absolute Gasteiger partial charge is 0.407 e. The summed E-state index contributed by atoms with van der Waals surface area (Å²) < 4.78 is 18.4. The number of hydrogen-bond acceptors (Lipinski definition) is 3. The van der Waals surface area contributed by atoms with E-state index in [1.54, 1.807) is 6.07 Å². The van der Waals surface area contributed by atoms with Gasteiger partial charge in [-0.25, -0.2) is 9.18 Å².